The van der Waals surface area contributed by atoms with Crippen molar-refractivity contribution in [3.8, 4) is 17.2 Å². The van der Waals surface area contributed by atoms with Crippen molar-refractivity contribution in [3.05, 3.63) is 48.2 Å². The number of anilines is 1. The van der Waals surface area contributed by atoms with E-state index >= 15 is 0 Å². The molecule has 0 saturated heterocycles. The Morgan fingerprint density at radius 3 is 2.91 bits per heavy atom. The highest BCUT2D eigenvalue weighted by Gasteiger charge is 2.34. The van der Waals surface area contributed by atoms with E-state index in [1.54, 1.807) is 31.0 Å². The van der Waals surface area contributed by atoms with E-state index in [9.17, 15) is 10.1 Å². The van der Waals surface area contributed by atoms with Crippen molar-refractivity contribution in [1.82, 2.24) is 25.5 Å². The minimum absolute atomic E-state index is 0.0377. The second-order valence-corrected chi connectivity index (χ2v) is 8.01. The van der Waals surface area contributed by atoms with Crippen LogP contribution < -0.4 is 10.6 Å². The number of nitriles is 1. The van der Waals surface area contributed by atoms with Crippen LogP contribution in [0.4, 0.5) is 5.69 Å². The second kappa shape index (κ2) is 7.09. The van der Waals surface area contributed by atoms with E-state index in [1.165, 1.54) is 0 Å². The minimum Gasteiger partial charge on any atom is -0.358 e. The summed E-state index contributed by atoms with van der Waals surface area (Å²) in [4.78, 5) is 29.7. The number of aromatic nitrogens is 4. The molecule has 0 spiro atoms. The number of amides is 1. The number of hydrogen-bond acceptors (Lipinski definition) is 8. The molecule has 5 heterocycles. The maximum atomic E-state index is 12.1. The Bertz CT molecular complexity index is 1390. The number of fused-ring (bicyclic) bond motifs is 2. The Labute approximate surface area is 182 Å². The Morgan fingerprint density at radius 2 is 2.06 bits per heavy atom. The quantitative estimate of drug-likeness (QED) is 0.585. The summed E-state index contributed by atoms with van der Waals surface area (Å²) < 4.78 is 0. The highest BCUT2D eigenvalue weighted by molar-refractivity contribution is 6.10. The monoisotopic (exact) mass is 423 g/mol. The van der Waals surface area contributed by atoms with Gasteiger partial charge in [0, 0.05) is 41.9 Å². The lowest BCUT2D eigenvalue weighted by atomic mass is 10.0. The lowest BCUT2D eigenvalue weighted by Gasteiger charge is -2.15. The third-order valence-corrected chi connectivity index (χ3v) is 5.75. The van der Waals surface area contributed by atoms with Gasteiger partial charge in [-0.2, -0.15) is 10.4 Å². The summed E-state index contributed by atoms with van der Waals surface area (Å²) in [7, 11) is 0. The number of carbonyl (C=O) groups is 1. The normalized spacial score (nSPS) is 21.3. The third kappa shape index (κ3) is 3.11. The lowest BCUT2D eigenvalue weighted by molar-refractivity contribution is -0.117. The fraction of sp³-hybridized carbons (Fsp3) is 0.227. The van der Waals surface area contributed by atoms with Crippen LogP contribution >= 0.6 is 0 Å². The SMILES string of the molecule is N#CC1=CN=C[C@H]2NC(c3[nH]nc4ncc(-c5cncc(NC(=O)C6CC6)c5)cc34)=NC12. The molecular formula is C22H17N9O. The molecule has 10 heteroatoms. The first-order chi connectivity index (χ1) is 15.7. The molecule has 1 saturated carbocycles. The van der Waals surface area contributed by atoms with Crippen LogP contribution in [0.1, 0.15) is 18.5 Å². The molecule has 1 fully saturated rings. The molecule has 1 unspecified atom stereocenters. The first kappa shape index (κ1) is 18.4. The highest BCUT2D eigenvalue weighted by atomic mass is 16.2. The molecule has 3 aromatic heterocycles. The first-order valence-corrected chi connectivity index (χ1v) is 10.3. The third-order valence-electron chi connectivity index (χ3n) is 5.75. The summed E-state index contributed by atoms with van der Waals surface area (Å²) in [5.41, 5.74) is 4.09. The predicted octanol–water partition coefficient (Wildman–Crippen LogP) is 1.95. The summed E-state index contributed by atoms with van der Waals surface area (Å²) in [5.74, 6) is 0.769. The highest BCUT2D eigenvalue weighted by Crippen LogP contribution is 2.31. The Kier molecular flexibility index (Phi) is 4.07. The Balaban J connectivity index is 1.34. The van der Waals surface area contributed by atoms with E-state index in [0.717, 1.165) is 29.4 Å². The van der Waals surface area contributed by atoms with Gasteiger partial charge in [0.25, 0.3) is 0 Å². The molecule has 0 radical (unpaired) electrons. The van der Waals surface area contributed by atoms with Crippen LogP contribution in [0, 0.1) is 17.2 Å². The fourth-order valence-electron chi connectivity index (χ4n) is 3.89. The van der Waals surface area contributed by atoms with Crippen LogP contribution in [0.25, 0.3) is 22.2 Å². The minimum atomic E-state index is -0.307. The summed E-state index contributed by atoms with van der Waals surface area (Å²) >= 11 is 0. The number of H-pyrrole nitrogens is 1. The van der Waals surface area contributed by atoms with Crippen molar-refractivity contribution in [2.45, 2.75) is 24.9 Å². The lowest BCUT2D eigenvalue weighted by Crippen LogP contribution is -2.38. The Morgan fingerprint density at radius 1 is 1.19 bits per heavy atom. The molecule has 2 atom stereocenters. The zero-order valence-electron chi connectivity index (χ0n) is 16.8. The average molecular weight is 423 g/mol. The number of nitrogens with zero attached hydrogens (tertiary/aromatic N) is 6. The maximum absolute atomic E-state index is 12.1. The maximum Gasteiger partial charge on any atom is 0.227 e. The topological polar surface area (TPSA) is 144 Å². The molecule has 156 valence electrons. The van der Waals surface area contributed by atoms with Gasteiger partial charge in [0.15, 0.2) is 5.65 Å². The number of carbonyl (C=O) groups excluding carboxylic acids is 1. The Hall–Kier alpha value is -4.39. The number of aliphatic imine (C=N–C) groups is 2. The van der Waals surface area contributed by atoms with Crippen LogP contribution in [-0.2, 0) is 4.79 Å². The van der Waals surface area contributed by atoms with Gasteiger partial charge in [-0.3, -0.25) is 24.9 Å². The summed E-state index contributed by atoms with van der Waals surface area (Å²) in [5, 5.41) is 23.7. The largest absolute Gasteiger partial charge is 0.358 e. The summed E-state index contributed by atoms with van der Waals surface area (Å²) in [6.07, 6.45) is 10.3. The van der Waals surface area contributed by atoms with Gasteiger partial charge in [0.05, 0.1) is 35.0 Å². The molecule has 32 heavy (non-hydrogen) atoms. The van der Waals surface area contributed by atoms with Gasteiger partial charge in [0.2, 0.25) is 5.91 Å². The molecule has 6 rings (SSSR count). The average Bonchev–Trinajstić information content (AvgIpc) is 3.45. The van der Waals surface area contributed by atoms with Crippen molar-refractivity contribution in [2.24, 2.45) is 15.9 Å². The van der Waals surface area contributed by atoms with Gasteiger partial charge in [-0.1, -0.05) is 0 Å². The molecule has 3 aliphatic rings. The summed E-state index contributed by atoms with van der Waals surface area (Å²) in [6.45, 7) is 0. The van der Waals surface area contributed by atoms with Gasteiger partial charge in [0.1, 0.15) is 17.6 Å². The van der Waals surface area contributed by atoms with Crippen molar-refractivity contribution < 1.29 is 4.79 Å². The van der Waals surface area contributed by atoms with Crippen molar-refractivity contribution >= 4 is 34.7 Å². The van der Waals surface area contributed by atoms with E-state index < -0.39 is 0 Å². The van der Waals surface area contributed by atoms with E-state index in [-0.39, 0.29) is 23.9 Å². The summed E-state index contributed by atoms with van der Waals surface area (Å²) in [6, 6.07) is 5.53. The van der Waals surface area contributed by atoms with Crippen LogP contribution in [0.2, 0.25) is 0 Å². The van der Waals surface area contributed by atoms with E-state index in [0.29, 0.717) is 28.4 Å². The molecule has 0 bridgehead atoms. The van der Waals surface area contributed by atoms with Gasteiger partial charge in [-0.15, -0.1) is 0 Å². The van der Waals surface area contributed by atoms with Gasteiger partial charge < -0.3 is 10.6 Å². The van der Waals surface area contributed by atoms with Gasteiger partial charge in [-0.25, -0.2) is 4.98 Å². The zero-order chi connectivity index (χ0) is 21.7. The van der Waals surface area contributed by atoms with Crippen molar-refractivity contribution in [2.75, 3.05) is 5.32 Å². The van der Waals surface area contributed by atoms with Crippen LogP contribution in [-0.4, -0.2) is 50.2 Å². The van der Waals surface area contributed by atoms with Crippen molar-refractivity contribution in [3.63, 3.8) is 0 Å². The van der Waals surface area contributed by atoms with E-state index in [2.05, 4.69) is 41.9 Å². The zero-order valence-corrected chi connectivity index (χ0v) is 16.8. The molecule has 1 aliphatic carbocycles. The van der Waals surface area contributed by atoms with Crippen LogP contribution in [0.15, 0.2) is 52.5 Å². The van der Waals surface area contributed by atoms with E-state index in [4.69, 9.17) is 4.99 Å². The standard InChI is InChI=1S/C22H17N9O/c23-5-14-7-25-10-17-18(14)29-21(28-17)19-16-4-13(8-26-20(16)31-30-19)12-3-15(9-24-6-12)27-22(32)11-1-2-11/h3-4,6-11,17-18H,1-2H2,(H,27,32)(H,28,29)(H,26,30,31)/t17-,18?/m1/s1. The molecule has 10 nitrogen and oxygen atoms in total. The number of pyridine rings is 2. The molecule has 2 aliphatic heterocycles. The van der Waals surface area contributed by atoms with Crippen molar-refractivity contribution in [1.29, 1.82) is 5.26 Å². The van der Waals surface area contributed by atoms with Crippen LogP contribution in [0.5, 0.6) is 0 Å². The number of amidine groups is 1. The van der Waals surface area contributed by atoms with E-state index in [1.807, 2.05) is 12.1 Å². The fourth-order valence-corrected chi connectivity index (χ4v) is 3.89. The molecule has 3 N–H and O–H groups in total. The molecular weight excluding hydrogens is 406 g/mol. The second-order valence-electron chi connectivity index (χ2n) is 8.01. The first-order valence-electron chi connectivity index (χ1n) is 10.3. The molecule has 1 amide bonds. The smallest absolute Gasteiger partial charge is 0.227 e. The predicted molar refractivity (Wildman–Crippen MR) is 118 cm³/mol. The number of aromatic amines is 1. The number of rotatable bonds is 4. The number of hydrogen-bond donors (Lipinski definition) is 3. The van der Waals surface area contributed by atoms with Gasteiger partial charge >= 0.3 is 0 Å². The number of nitrogens with one attached hydrogen (secondary N) is 3. The van der Waals surface area contributed by atoms with Gasteiger partial charge in [-0.05, 0) is 25.0 Å². The van der Waals surface area contributed by atoms with Crippen LogP contribution in [0.3, 0.4) is 0 Å². The molecule has 3 aromatic rings. The molecule has 0 aromatic carbocycles.